The smallest absolute Gasteiger partial charge is 0.326 e. The molecule has 416 valence electrons. The van der Waals surface area contributed by atoms with Crippen LogP contribution >= 0.6 is 11.8 Å². The van der Waals surface area contributed by atoms with E-state index in [-0.39, 0.29) is 49.9 Å². The Labute approximate surface area is 428 Å². The summed E-state index contributed by atoms with van der Waals surface area (Å²) in [6.45, 7) is 10.4. The number of aliphatic carboxylic acids is 3. The van der Waals surface area contributed by atoms with E-state index in [0.717, 1.165) is 6.92 Å². The lowest BCUT2D eigenvalue weighted by molar-refractivity contribution is -0.143. The molecular formula is C44H78N12O16S. The summed E-state index contributed by atoms with van der Waals surface area (Å²) in [5, 5.41) is 68.3. The maximum atomic E-state index is 14.0. The minimum absolute atomic E-state index is 0.0130. The van der Waals surface area contributed by atoms with Crippen molar-refractivity contribution >= 4 is 82.9 Å². The van der Waals surface area contributed by atoms with Gasteiger partial charge in [0.2, 0.25) is 47.3 Å². The molecule has 0 heterocycles. The summed E-state index contributed by atoms with van der Waals surface area (Å²) in [7, 11) is 0. The van der Waals surface area contributed by atoms with Gasteiger partial charge in [-0.05, 0) is 83.1 Å². The zero-order valence-electron chi connectivity index (χ0n) is 42.6. The topological polar surface area (TPSA) is 476 Å². The summed E-state index contributed by atoms with van der Waals surface area (Å²) in [5.41, 5.74) is 16.5. The predicted molar refractivity (Wildman–Crippen MR) is 266 cm³/mol. The van der Waals surface area contributed by atoms with Crippen molar-refractivity contribution in [2.24, 2.45) is 34.0 Å². The average molecular weight is 1060 g/mol. The summed E-state index contributed by atoms with van der Waals surface area (Å²) >= 11 is 1.27. The molecule has 0 aromatic heterocycles. The Morgan fingerprint density at radius 2 is 0.945 bits per heavy atom. The first-order valence-electron chi connectivity index (χ1n) is 23.7. The van der Waals surface area contributed by atoms with E-state index < -0.39 is 163 Å². The standard InChI is InChI=1S/C44H78N12O16S/c1-9-21(4)32(54-42(70)34(24(7)58)55-35(63)22(5)49-41(69)33(23(6)57)56-36(64)25(45)11-10-17-48-44(46)47)40(68)52-28(16-18-73-8)39(67)51-26(12-14-30(59)60)37(65)50-27(13-15-31(61)62)38(66)53-29(43(71)72)19-20(2)3/h20-29,32-34,57-58H,9-19,45H2,1-8H3,(H,49,69)(H,50,65)(H,51,67)(H,52,68)(H,53,66)(H,54,70)(H,55,63)(H,56,64)(H,59,60)(H,61,62)(H,71,72)(H4,46,47,48)/t21-,22-,23+,24+,25-,26-,27-,28-,29-,32-,33-,34-/m0/s1. The Hall–Kier alpha value is -6.33. The molecule has 0 spiro atoms. The van der Waals surface area contributed by atoms with Crippen LogP contribution in [0, 0.1) is 11.8 Å². The third-order valence-electron chi connectivity index (χ3n) is 11.1. The number of carboxylic acid groups (broad SMARTS) is 3. The summed E-state index contributed by atoms with van der Waals surface area (Å²) in [6.07, 6.45) is -3.18. The van der Waals surface area contributed by atoms with E-state index in [1.54, 1.807) is 34.0 Å². The fourth-order valence-corrected chi connectivity index (χ4v) is 7.13. The molecule has 19 N–H and O–H groups in total. The molecule has 0 radical (unpaired) electrons. The highest BCUT2D eigenvalue weighted by atomic mass is 32.2. The maximum absolute atomic E-state index is 14.0. The molecule has 28 nitrogen and oxygen atoms in total. The highest BCUT2D eigenvalue weighted by Gasteiger charge is 2.37. The first kappa shape index (κ1) is 66.7. The number of nitrogens with one attached hydrogen (secondary N) is 8. The van der Waals surface area contributed by atoms with Crippen LogP contribution in [0.2, 0.25) is 0 Å². The molecular weight excluding hydrogens is 985 g/mol. The molecule has 0 fully saturated rings. The molecule has 73 heavy (non-hydrogen) atoms. The predicted octanol–water partition coefficient (Wildman–Crippen LogP) is -4.31. The molecule has 0 saturated heterocycles. The number of carbonyl (C=O) groups is 11. The van der Waals surface area contributed by atoms with Crippen molar-refractivity contribution in [2.45, 2.75) is 173 Å². The van der Waals surface area contributed by atoms with Crippen molar-refractivity contribution in [3.8, 4) is 0 Å². The van der Waals surface area contributed by atoms with Crippen LogP contribution < -0.4 is 59.7 Å². The minimum Gasteiger partial charge on any atom is -0.481 e. The van der Waals surface area contributed by atoms with Crippen molar-refractivity contribution in [2.75, 3.05) is 18.6 Å². The van der Waals surface area contributed by atoms with E-state index in [4.69, 9.17) is 17.2 Å². The van der Waals surface area contributed by atoms with Crippen LogP contribution in [0.25, 0.3) is 0 Å². The zero-order chi connectivity index (χ0) is 56.3. The van der Waals surface area contributed by atoms with Gasteiger partial charge in [-0.1, -0.05) is 34.1 Å². The van der Waals surface area contributed by atoms with E-state index in [9.17, 15) is 78.3 Å². The Kier molecular flexibility index (Phi) is 31.2. The van der Waals surface area contributed by atoms with Gasteiger partial charge in [-0.15, -0.1) is 0 Å². The normalized spacial score (nSPS) is 16.1. The number of guanidine groups is 1. The van der Waals surface area contributed by atoms with Crippen molar-refractivity contribution in [1.29, 1.82) is 0 Å². The largest absolute Gasteiger partial charge is 0.481 e. The number of aliphatic imine (C=N–C) groups is 1. The number of aliphatic hydroxyl groups excluding tert-OH is 2. The second-order valence-electron chi connectivity index (χ2n) is 18.0. The maximum Gasteiger partial charge on any atom is 0.326 e. The second-order valence-corrected chi connectivity index (χ2v) is 19.0. The van der Waals surface area contributed by atoms with Gasteiger partial charge >= 0.3 is 17.9 Å². The highest BCUT2D eigenvalue weighted by molar-refractivity contribution is 7.98. The molecule has 29 heteroatoms. The SMILES string of the molecule is CC[C@H](C)[C@H](NC(=O)[C@@H](NC(=O)[C@H](C)NC(=O)[C@@H](NC(=O)[C@@H](N)CCCN=C(N)N)[C@@H](C)O)[C@@H](C)O)C(=O)N[C@@H](CCSC)C(=O)N[C@@H](CCC(=O)O)C(=O)N[C@@H](CCC(=O)O)C(=O)N[C@@H](CC(C)C)C(=O)O. The number of nitrogens with zero attached hydrogens (tertiary/aromatic N) is 1. The van der Waals surface area contributed by atoms with Gasteiger partial charge in [0.25, 0.3) is 0 Å². The van der Waals surface area contributed by atoms with Gasteiger partial charge in [0.1, 0.15) is 48.3 Å². The van der Waals surface area contributed by atoms with Crippen LogP contribution in [-0.4, -0.2) is 182 Å². The molecule has 0 aromatic rings. The van der Waals surface area contributed by atoms with Crippen LogP contribution in [0.3, 0.4) is 0 Å². The molecule has 0 aliphatic rings. The van der Waals surface area contributed by atoms with Crippen LogP contribution in [0.5, 0.6) is 0 Å². The first-order chi connectivity index (χ1) is 34.0. The summed E-state index contributed by atoms with van der Waals surface area (Å²) in [4.78, 5) is 147. The lowest BCUT2D eigenvalue weighted by Gasteiger charge is -2.30. The highest BCUT2D eigenvalue weighted by Crippen LogP contribution is 2.13. The Bertz CT molecular complexity index is 1920. The van der Waals surface area contributed by atoms with Crippen LogP contribution in [-0.2, 0) is 52.7 Å². The number of hydrogen-bond donors (Lipinski definition) is 16. The quantitative estimate of drug-likeness (QED) is 0.0160. The molecule has 0 aliphatic heterocycles. The summed E-state index contributed by atoms with van der Waals surface area (Å²) in [6, 6.07) is -13.5. The number of thioether (sulfide) groups is 1. The summed E-state index contributed by atoms with van der Waals surface area (Å²) in [5.74, 6) is -12.9. The van der Waals surface area contributed by atoms with Crippen molar-refractivity contribution in [3.63, 3.8) is 0 Å². The summed E-state index contributed by atoms with van der Waals surface area (Å²) < 4.78 is 0. The van der Waals surface area contributed by atoms with E-state index in [0.29, 0.717) is 6.42 Å². The van der Waals surface area contributed by atoms with E-state index in [1.165, 1.54) is 25.6 Å². The van der Waals surface area contributed by atoms with Gasteiger partial charge in [-0.25, -0.2) is 4.79 Å². The van der Waals surface area contributed by atoms with Crippen LogP contribution in [0.4, 0.5) is 0 Å². The molecule has 0 rings (SSSR count). The third-order valence-corrected chi connectivity index (χ3v) is 11.7. The second kappa shape index (κ2) is 34.2. The van der Waals surface area contributed by atoms with Gasteiger partial charge in [0.15, 0.2) is 5.96 Å². The van der Waals surface area contributed by atoms with Gasteiger partial charge in [-0.2, -0.15) is 11.8 Å². The number of aliphatic hydroxyl groups is 2. The fraction of sp³-hybridized carbons (Fsp3) is 0.727. The molecule has 8 amide bonds. The van der Waals surface area contributed by atoms with E-state index in [2.05, 4.69) is 47.5 Å². The zero-order valence-corrected chi connectivity index (χ0v) is 43.4. The van der Waals surface area contributed by atoms with Gasteiger partial charge < -0.3 is 85.3 Å². The Morgan fingerprint density at radius 3 is 1.36 bits per heavy atom. The van der Waals surface area contributed by atoms with Crippen molar-refractivity contribution in [1.82, 2.24) is 42.5 Å². The number of carboxylic acids is 3. The molecule has 0 aromatic carbocycles. The average Bonchev–Trinajstić information content (AvgIpc) is 3.29. The van der Waals surface area contributed by atoms with Crippen molar-refractivity contribution < 1.29 is 78.3 Å². The number of nitrogens with two attached hydrogens (primary N) is 3. The van der Waals surface area contributed by atoms with Gasteiger partial charge in [0.05, 0.1) is 18.2 Å². The van der Waals surface area contributed by atoms with Crippen LogP contribution in [0.1, 0.15) is 106 Å². The Morgan fingerprint density at radius 1 is 0.534 bits per heavy atom. The lowest BCUT2D eigenvalue weighted by atomic mass is 9.97. The lowest BCUT2D eigenvalue weighted by Crippen LogP contribution is -2.63. The monoisotopic (exact) mass is 1060 g/mol. The first-order valence-corrected chi connectivity index (χ1v) is 25.1. The molecule has 0 aliphatic carbocycles. The third kappa shape index (κ3) is 26.3. The Balaban J connectivity index is 6.40. The molecule has 12 atom stereocenters. The van der Waals surface area contributed by atoms with E-state index in [1.807, 2.05) is 0 Å². The van der Waals surface area contributed by atoms with Crippen LogP contribution in [0.15, 0.2) is 4.99 Å². The minimum atomic E-state index is -1.74. The molecule has 0 bridgehead atoms. The molecule has 0 saturated carbocycles. The number of amides is 8. The van der Waals surface area contributed by atoms with E-state index >= 15 is 0 Å². The fourth-order valence-electron chi connectivity index (χ4n) is 6.66. The van der Waals surface area contributed by atoms with Crippen molar-refractivity contribution in [3.05, 3.63) is 0 Å². The number of carbonyl (C=O) groups excluding carboxylic acids is 8. The van der Waals surface area contributed by atoms with Gasteiger partial charge in [0, 0.05) is 19.4 Å². The number of rotatable bonds is 36. The number of hydrogen-bond acceptors (Lipinski definition) is 16. The van der Waals surface area contributed by atoms with Gasteiger partial charge in [-0.3, -0.25) is 52.9 Å². The molecule has 0 unspecified atom stereocenters.